The number of aryl methyl sites for hydroxylation is 5. The van der Waals surface area contributed by atoms with Crippen molar-refractivity contribution in [2.24, 2.45) is 11.8 Å². The number of hydrogen-bond donors (Lipinski definition) is 0. The minimum absolute atomic E-state index is 0. The second kappa shape index (κ2) is 59.7. The second-order valence-electron chi connectivity index (χ2n) is 33.9. The molecule has 0 fully saturated rings. The first-order valence-corrected chi connectivity index (χ1v) is 46.6. The summed E-state index contributed by atoms with van der Waals surface area (Å²) in [5.74, 6) is 1.71. The number of hydrogen-bond acceptors (Lipinski definition) is 12. The molecule has 0 atom stereocenters. The fourth-order valence-electron chi connectivity index (χ4n) is 14.8. The van der Waals surface area contributed by atoms with Gasteiger partial charge in [-0.1, -0.05) is 235 Å². The Morgan fingerprint density at radius 1 is 0.246 bits per heavy atom. The Hall–Kier alpha value is -13.8. The third-order valence-corrected chi connectivity index (χ3v) is 22.2. The molecule has 0 spiro atoms. The molecule has 0 bridgehead atoms. The molecule has 0 aliphatic heterocycles. The fourth-order valence-corrected chi connectivity index (χ4v) is 14.8. The molecule has 0 saturated heterocycles. The van der Waals surface area contributed by atoms with Crippen molar-refractivity contribution in [3.05, 3.63) is 507 Å². The van der Waals surface area contributed by atoms with Crippen molar-refractivity contribution in [1.29, 1.82) is 0 Å². The number of pyridine rings is 4. The Kier molecular flexibility index (Phi) is 47.0. The summed E-state index contributed by atoms with van der Waals surface area (Å²) in [6, 6.07) is 145. The van der Waals surface area contributed by atoms with Crippen molar-refractivity contribution in [2.45, 2.75) is 108 Å². The topological polar surface area (TPSA) is 155 Å². The summed E-state index contributed by atoms with van der Waals surface area (Å²) in [5.41, 5.74) is 35.6. The van der Waals surface area contributed by atoms with Crippen molar-refractivity contribution in [3.8, 4) is 135 Å². The van der Waals surface area contributed by atoms with Gasteiger partial charge in [-0.15, -0.1) is 281 Å². The van der Waals surface area contributed by atoms with E-state index in [-0.39, 0.29) is 80.4 Å². The van der Waals surface area contributed by atoms with Gasteiger partial charge in [-0.25, -0.2) is 19.9 Å². The molecule has 20 rings (SSSR count). The molecule has 0 aliphatic rings. The van der Waals surface area contributed by atoms with Gasteiger partial charge in [-0.3, -0.25) is 19.9 Å². The summed E-state index contributed by atoms with van der Waals surface area (Å²) in [6.07, 6.45) is 17.0. The summed E-state index contributed by atoms with van der Waals surface area (Å²) in [7, 11) is 0. The molecule has 20 aromatic rings. The Morgan fingerprint density at radius 3 is 1.13 bits per heavy atom. The van der Waals surface area contributed by atoms with Crippen molar-refractivity contribution in [2.75, 3.05) is 0 Å². The molecular formula is C126H112Ir4N12-8. The normalized spacial score (nSPS) is 10.2. The molecule has 0 aliphatic carbocycles. The summed E-state index contributed by atoms with van der Waals surface area (Å²) in [6.45, 7) is 25.7. The van der Waals surface area contributed by atoms with Crippen LogP contribution in [-0.4, -0.2) is 59.8 Å². The summed E-state index contributed by atoms with van der Waals surface area (Å²) < 4.78 is 0. The maximum Gasteiger partial charge on any atom is 0.106 e. The van der Waals surface area contributed by atoms with Gasteiger partial charge in [0.1, 0.15) is 25.3 Å². The Balaban J connectivity index is 0.000000182. The van der Waals surface area contributed by atoms with Crippen LogP contribution in [-0.2, 0) is 99.7 Å². The fraction of sp³-hybridized carbons (Fsp3) is 0.143. The van der Waals surface area contributed by atoms with Gasteiger partial charge >= 0.3 is 0 Å². The third-order valence-electron chi connectivity index (χ3n) is 22.2. The molecule has 8 heterocycles. The van der Waals surface area contributed by atoms with E-state index < -0.39 is 0 Å². The van der Waals surface area contributed by atoms with Crippen LogP contribution in [0, 0.1) is 95.0 Å². The van der Waals surface area contributed by atoms with E-state index in [4.69, 9.17) is 0 Å². The Morgan fingerprint density at radius 2 is 0.662 bits per heavy atom. The predicted molar refractivity (Wildman–Crippen MR) is 565 cm³/mol. The van der Waals surface area contributed by atoms with Gasteiger partial charge in [0.2, 0.25) is 0 Å². The monoisotopic (exact) mass is 2560 g/mol. The molecule has 12 aromatic carbocycles. The zero-order valence-corrected chi connectivity index (χ0v) is 91.3. The molecule has 4 radical (unpaired) electrons. The molecule has 0 saturated carbocycles. The summed E-state index contributed by atoms with van der Waals surface area (Å²) in [5, 5.41) is 0. The molecule has 720 valence electrons. The summed E-state index contributed by atoms with van der Waals surface area (Å²) in [4.78, 5) is 52.4. The number of nitrogens with zero attached hydrogens (tertiary/aromatic N) is 12. The average molecular weight is 2560 g/mol. The van der Waals surface area contributed by atoms with Crippen LogP contribution in [0.4, 0.5) is 0 Å². The van der Waals surface area contributed by atoms with E-state index >= 15 is 0 Å². The van der Waals surface area contributed by atoms with E-state index in [1.54, 1.807) is 31.5 Å². The molecule has 0 amide bonds. The average Bonchev–Trinajstić information content (AvgIpc) is 0.796. The van der Waals surface area contributed by atoms with E-state index in [9.17, 15) is 0 Å². The van der Waals surface area contributed by atoms with Crippen LogP contribution in [0.3, 0.4) is 0 Å². The van der Waals surface area contributed by atoms with Gasteiger partial charge in [-0.05, 0) is 168 Å². The molecular weight excluding hydrogens is 2450 g/mol. The van der Waals surface area contributed by atoms with Gasteiger partial charge in [0.15, 0.2) is 0 Å². The summed E-state index contributed by atoms with van der Waals surface area (Å²) >= 11 is 0. The van der Waals surface area contributed by atoms with Crippen LogP contribution in [0.25, 0.3) is 135 Å². The zero-order chi connectivity index (χ0) is 96.4. The van der Waals surface area contributed by atoms with Crippen molar-refractivity contribution < 1.29 is 80.4 Å². The predicted octanol–water partition coefficient (Wildman–Crippen LogP) is 30.3. The number of rotatable bonds is 18. The molecule has 16 heteroatoms. The smallest absolute Gasteiger partial charge is 0.106 e. The van der Waals surface area contributed by atoms with Crippen LogP contribution in [0.5, 0.6) is 0 Å². The van der Waals surface area contributed by atoms with Gasteiger partial charge in [-0.2, -0.15) is 0 Å². The van der Waals surface area contributed by atoms with Gasteiger partial charge in [0.05, 0.1) is 11.4 Å². The van der Waals surface area contributed by atoms with Gasteiger partial charge < -0.3 is 19.9 Å². The van der Waals surface area contributed by atoms with Crippen molar-refractivity contribution in [3.63, 3.8) is 0 Å². The Bertz CT molecular complexity index is 6920. The maximum absolute atomic E-state index is 4.43. The minimum Gasteiger partial charge on any atom is -0.305 e. The zero-order valence-electron chi connectivity index (χ0n) is 81.7. The quantitative estimate of drug-likeness (QED) is 0.0751. The minimum atomic E-state index is 0. The van der Waals surface area contributed by atoms with Crippen LogP contribution in [0.1, 0.15) is 105 Å². The standard InChI is InChI=1S/2C20H19N2.C18H15N2.C17H13N2.C14H14N.2C13H12N.C11H8N.4Ir/c1-15(2)11-19-13-20(22-14-21-19)18-10-6-9-17(12-18)16-7-4-3-5-8-16;1-15(2)12-19-13-20(22-14-21-19)18-10-8-17(9-11-18)16-6-4-3-5-7-16;1-13-7-6-8-14(2)18(13)17-11-16(19-12-20-17)15-9-4-3-5-10-15;1-13-16(14-8-4-2-5-9-14)18-12-19-17(13)15-10-6-3-7-11-15;1-11(2)13-8-9-15-14(10-13)12-6-4-3-5-7-12;1-10-8-13(14-9-11(10)2)12-6-4-3-5-7-12;1-2-11-8-9-13(14-10-11)12-6-4-3-5-7-12;1-2-6-10(7-3-1)11-8-4-5-9-12-11;;;;/h3-9,12-15H,11H2,1-2H3;3-10,13-15H,12H2,1-2H3;3-9,11-12H,1-2H3;2-10,12H,1H3;3-6,8-11H,1-2H3;3-6,8-9H,1-2H3;3-6,8-10H,2H2,1H3;1-6,8-9H;;;;/q8*-1;;;;. The number of benzene rings is 12. The van der Waals surface area contributed by atoms with Gasteiger partial charge in [0, 0.05) is 122 Å². The molecule has 0 N–H and O–H groups in total. The van der Waals surface area contributed by atoms with E-state index in [1.165, 1.54) is 61.2 Å². The van der Waals surface area contributed by atoms with E-state index in [0.29, 0.717) is 17.8 Å². The second-order valence-corrected chi connectivity index (χ2v) is 33.9. The maximum atomic E-state index is 4.43. The van der Waals surface area contributed by atoms with Crippen molar-refractivity contribution >= 4 is 0 Å². The van der Waals surface area contributed by atoms with E-state index in [2.05, 4.69) is 319 Å². The van der Waals surface area contributed by atoms with Crippen molar-refractivity contribution in [1.82, 2.24) is 59.8 Å². The first-order chi connectivity index (χ1) is 67.5. The van der Waals surface area contributed by atoms with Crippen LogP contribution >= 0.6 is 0 Å². The first-order valence-electron chi connectivity index (χ1n) is 46.6. The van der Waals surface area contributed by atoms with Crippen LogP contribution in [0.15, 0.2) is 408 Å². The van der Waals surface area contributed by atoms with Crippen LogP contribution < -0.4 is 0 Å². The van der Waals surface area contributed by atoms with E-state index in [0.717, 1.165) is 143 Å². The molecule has 142 heavy (non-hydrogen) atoms. The third kappa shape index (κ3) is 34.6. The number of aromatic nitrogens is 12. The Labute approximate surface area is 894 Å². The molecule has 12 nitrogen and oxygen atoms in total. The first kappa shape index (κ1) is 112. The van der Waals surface area contributed by atoms with E-state index in [1.807, 2.05) is 249 Å². The van der Waals surface area contributed by atoms with Crippen LogP contribution in [0.2, 0.25) is 0 Å². The molecule has 0 unspecified atom stereocenters. The SMILES string of the molecule is CC(C)Cc1cc(-c2[c-]cc(-c3ccccc3)cc2)ncn1.CC(C)Cc1cc(-c2[c-]ccc(-c3ccccc3)c2)ncn1.CC(C)c1ccnc(-c2[c-]cccc2)c1.CCc1ccc(-c2[c-]cccc2)nc1.Cc1c(-c2[c-]cccc2)ncnc1-c1ccccc1.Cc1cccc(C)c1-c1cc(-c2[c-]cccc2)ncn1.Cc1cnc(-c2[c-]cccc2)cc1C.[Ir].[Ir].[Ir].[Ir].[c-]1ccccc1-c1ccccn1. The molecule has 8 aromatic heterocycles. The van der Waals surface area contributed by atoms with Gasteiger partial charge in [0.25, 0.3) is 0 Å². The largest absolute Gasteiger partial charge is 0.305 e.